The molecule has 0 heterocycles. The van der Waals surface area contributed by atoms with Crippen molar-refractivity contribution < 1.29 is 23.0 Å². The number of nitrogens with zero attached hydrogens (tertiary/aromatic N) is 1. The number of carbonyl (C=O) groups is 1. The van der Waals surface area contributed by atoms with Gasteiger partial charge < -0.3 is 9.47 Å². The Bertz CT molecular complexity index is 480. The van der Waals surface area contributed by atoms with Gasteiger partial charge in [0, 0.05) is 0 Å². The standard InChI is InChI=1S/C11H9F2NO3/c1-6-3-7(5-14)8(10(15)16-2)4-9(6)17-11(12)13/h3-4,11H,1-2H3. The Labute approximate surface area is 96.4 Å². The van der Waals surface area contributed by atoms with Crippen LogP contribution in [0.2, 0.25) is 0 Å². The first-order valence-corrected chi connectivity index (χ1v) is 4.57. The highest BCUT2D eigenvalue weighted by Crippen LogP contribution is 2.25. The fraction of sp³-hybridized carbons (Fsp3) is 0.273. The van der Waals surface area contributed by atoms with Crippen LogP contribution in [-0.2, 0) is 4.74 Å². The quantitative estimate of drug-likeness (QED) is 0.761. The summed E-state index contributed by atoms with van der Waals surface area (Å²) in [5.41, 5.74) is 0.293. The Hall–Kier alpha value is -2.16. The minimum absolute atomic E-state index is 0.0518. The van der Waals surface area contributed by atoms with E-state index < -0.39 is 12.6 Å². The highest BCUT2D eigenvalue weighted by molar-refractivity contribution is 5.92. The number of rotatable bonds is 3. The second-order valence-corrected chi connectivity index (χ2v) is 3.15. The molecule has 0 aromatic heterocycles. The Morgan fingerprint density at radius 2 is 2.12 bits per heavy atom. The molecule has 0 aliphatic carbocycles. The van der Waals surface area contributed by atoms with E-state index in [1.165, 1.54) is 13.0 Å². The largest absolute Gasteiger partial charge is 0.465 e. The third-order valence-corrected chi connectivity index (χ3v) is 2.06. The molecule has 6 heteroatoms. The van der Waals surface area contributed by atoms with E-state index in [1.807, 2.05) is 0 Å². The number of methoxy groups -OCH3 is 1. The summed E-state index contributed by atoms with van der Waals surface area (Å²) in [4.78, 5) is 11.3. The third kappa shape index (κ3) is 2.91. The van der Waals surface area contributed by atoms with Gasteiger partial charge in [0.25, 0.3) is 0 Å². The number of hydrogen-bond donors (Lipinski definition) is 0. The normalized spacial score (nSPS) is 9.88. The van der Waals surface area contributed by atoms with Crippen molar-refractivity contribution >= 4 is 5.97 Å². The van der Waals surface area contributed by atoms with Crippen LogP contribution in [0.5, 0.6) is 5.75 Å². The molecule has 17 heavy (non-hydrogen) atoms. The van der Waals surface area contributed by atoms with E-state index in [0.717, 1.165) is 13.2 Å². The van der Waals surface area contributed by atoms with E-state index in [-0.39, 0.29) is 16.9 Å². The molecule has 0 amide bonds. The van der Waals surface area contributed by atoms with Gasteiger partial charge in [0.15, 0.2) is 0 Å². The van der Waals surface area contributed by atoms with Crippen molar-refractivity contribution in [2.75, 3.05) is 7.11 Å². The number of aryl methyl sites for hydroxylation is 1. The number of ether oxygens (including phenoxy) is 2. The fourth-order valence-electron chi connectivity index (χ4n) is 1.28. The van der Waals surface area contributed by atoms with Crippen molar-refractivity contribution in [1.82, 2.24) is 0 Å². The first-order valence-electron chi connectivity index (χ1n) is 4.57. The van der Waals surface area contributed by atoms with Gasteiger partial charge in [-0.05, 0) is 24.6 Å². The summed E-state index contributed by atoms with van der Waals surface area (Å²) in [5.74, 6) is -0.930. The van der Waals surface area contributed by atoms with Crippen LogP contribution in [0, 0.1) is 18.3 Å². The number of nitriles is 1. The molecule has 1 aromatic carbocycles. The minimum Gasteiger partial charge on any atom is -0.465 e. The van der Waals surface area contributed by atoms with Crippen LogP contribution >= 0.6 is 0 Å². The van der Waals surface area contributed by atoms with E-state index in [2.05, 4.69) is 9.47 Å². The molecule has 0 unspecified atom stereocenters. The summed E-state index contributed by atoms with van der Waals surface area (Å²) >= 11 is 0. The van der Waals surface area contributed by atoms with Crippen LogP contribution in [-0.4, -0.2) is 19.7 Å². The zero-order valence-electron chi connectivity index (χ0n) is 9.16. The number of benzene rings is 1. The molecule has 0 aliphatic rings. The number of esters is 1. The predicted molar refractivity (Wildman–Crippen MR) is 53.9 cm³/mol. The molecular weight excluding hydrogens is 232 g/mol. The number of alkyl halides is 2. The highest BCUT2D eigenvalue weighted by atomic mass is 19.3. The van der Waals surface area contributed by atoms with Crippen LogP contribution in [0.4, 0.5) is 8.78 Å². The molecule has 0 atom stereocenters. The van der Waals surface area contributed by atoms with Gasteiger partial charge in [-0.3, -0.25) is 0 Å². The lowest BCUT2D eigenvalue weighted by atomic mass is 10.0. The summed E-state index contributed by atoms with van der Waals surface area (Å²) < 4.78 is 32.9. The molecule has 0 aliphatic heterocycles. The Kier molecular flexibility index (Phi) is 3.99. The van der Waals surface area contributed by atoms with Crippen molar-refractivity contribution in [2.45, 2.75) is 13.5 Å². The summed E-state index contributed by atoms with van der Waals surface area (Å²) in [6, 6.07) is 4.16. The number of hydrogen-bond acceptors (Lipinski definition) is 4. The SMILES string of the molecule is COC(=O)c1cc(OC(F)F)c(C)cc1C#N. The molecule has 4 nitrogen and oxygen atoms in total. The van der Waals surface area contributed by atoms with E-state index in [0.29, 0.717) is 5.56 Å². The Morgan fingerprint density at radius 3 is 2.59 bits per heavy atom. The summed E-state index contributed by atoms with van der Waals surface area (Å²) in [6.45, 7) is -1.49. The van der Waals surface area contributed by atoms with Crippen LogP contribution in [0.1, 0.15) is 21.5 Å². The minimum atomic E-state index is -2.99. The highest BCUT2D eigenvalue weighted by Gasteiger charge is 2.17. The van der Waals surface area contributed by atoms with Gasteiger partial charge in [0.2, 0.25) is 0 Å². The molecular formula is C11H9F2NO3. The van der Waals surface area contributed by atoms with Crippen molar-refractivity contribution in [1.29, 1.82) is 5.26 Å². The molecule has 0 N–H and O–H groups in total. The van der Waals surface area contributed by atoms with E-state index in [9.17, 15) is 13.6 Å². The second kappa shape index (κ2) is 5.25. The van der Waals surface area contributed by atoms with Crippen molar-refractivity contribution in [3.8, 4) is 11.8 Å². The van der Waals surface area contributed by atoms with Gasteiger partial charge >= 0.3 is 12.6 Å². The van der Waals surface area contributed by atoms with Gasteiger partial charge in [-0.1, -0.05) is 0 Å². The molecule has 1 rings (SSSR count). The summed E-state index contributed by atoms with van der Waals surface area (Å²) in [5, 5.41) is 8.81. The zero-order valence-corrected chi connectivity index (χ0v) is 9.16. The first kappa shape index (κ1) is 12.9. The van der Waals surface area contributed by atoms with Crippen LogP contribution in [0.15, 0.2) is 12.1 Å². The van der Waals surface area contributed by atoms with E-state index in [1.54, 1.807) is 6.07 Å². The average Bonchev–Trinajstić information content (AvgIpc) is 2.29. The molecule has 0 radical (unpaired) electrons. The van der Waals surface area contributed by atoms with Gasteiger partial charge in [0.05, 0.1) is 18.2 Å². The second-order valence-electron chi connectivity index (χ2n) is 3.15. The van der Waals surface area contributed by atoms with Gasteiger partial charge in [-0.15, -0.1) is 0 Å². The lowest BCUT2D eigenvalue weighted by molar-refractivity contribution is -0.0503. The summed E-state index contributed by atoms with van der Waals surface area (Å²) in [6.07, 6.45) is 0. The lowest BCUT2D eigenvalue weighted by Crippen LogP contribution is -2.08. The lowest BCUT2D eigenvalue weighted by Gasteiger charge is -2.10. The fourth-order valence-corrected chi connectivity index (χ4v) is 1.28. The van der Waals surface area contributed by atoms with Crippen molar-refractivity contribution in [3.63, 3.8) is 0 Å². The molecule has 0 fully saturated rings. The number of carbonyl (C=O) groups excluding carboxylic acids is 1. The maximum atomic E-state index is 12.1. The zero-order chi connectivity index (χ0) is 13.0. The molecule has 0 saturated heterocycles. The van der Waals surface area contributed by atoms with Gasteiger partial charge in [-0.25, -0.2) is 4.79 Å². The number of halogens is 2. The smallest absolute Gasteiger partial charge is 0.387 e. The van der Waals surface area contributed by atoms with Gasteiger partial charge in [0.1, 0.15) is 11.8 Å². The molecule has 90 valence electrons. The third-order valence-electron chi connectivity index (χ3n) is 2.06. The maximum absolute atomic E-state index is 12.1. The van der Waals surface area contributed by atoms with Crippen LogP contribution in [0.25, 0.3) is 0 Å². The Morgan fingerprint density at radius 1 is 1.47 bits per heavy atom. The van der Waals surface area contributed by atoms with Crippen molar-refractivity contribution in [3.05, 3.63) is 28.8 Å². The predicted octanol–water partition coefficient (Wildman–Crippen LogP) is 2.25. The molecule has 0 bridgehead atoms. The molecule has 1 aromatic rings. The Balaban J connectivity index is 3.28. The maximum Gasteiger partial charge on any atom is 0.387 e. The van der Waals surface area contributed by atoms with E-state index >= 15 is 0 Å². The van der Waals surface area contributed by atoms with Crippen LogP contribution < -0.4 is 4.74 Å². The monoisotopic (exact) mass is 241 g/mol. The van der Waals surface area contributed by atoms with E-state index in [4.69, 9.17) is 5.26 Å². The van der Waals surface area contributed by atoms with Crippen LogP contribution in [0.3, 0.4) is 0 Å². The summed E-state index contributed by atoms with van der Waals surface area (Å²) in [7, 11) is 1.14. The topological polar surface area (TPSA) is 59.3 Å². The van der Waals surface area contributed by atoms with Gasteiger partial charge in [-0.2, -0.15) is 14.0 Å². The first-order chi connectivity index (χ1) is 7.99. The molecule has 0 spiro atoms. The average molecular weight is 241 g/mol. The van der Waals surface area contributed by atoms with Crippen molar-refractivity contribution in [2.24, 2.45) is 0 Å². The molecule has 0 saturated carbocycles.